The molecule has 1 atom stereocenters. The minimum Gasteiger partial charge on any atom is -0.493 e. The Kier molecular flexibility index (Phi) is 5.65. The third-order valence-corrected chi connectivity index (χ3v) is 8.90. The van der Waals surface area contributed by atoms with Crippen molar-refractivity contribution < 1.29 is 14.3 Å². The standard InChI is InChI=1S/C21H27NO3S2/c1-24-17-13-15-7-10-22-19(23)6-9-21(22,16(15)14-18(17)25-2)8-3-5-20-26-11-4-12-27-20/h6,9,13-14,20H,3-5,7-8,10-12H2,1-2H3. The molecule has 0 aromatic heterocycles. The minimum absolute atomic E-state index is 0.136. The highest BCUT2D eigenvalue weighted by Gasteiger charge is 2.46. The topological polar surface area (TPSA) is 38.8 Å². The first kappa shape index (κ1) is 19.1. The molecule has 1 saturated heterocycles. The molecule has 0 aliphatic carbocycles. The fraction of sp³-hybridized carbons (Fsp3) is 0.571. The van der Waals surface area contributed by atoms with Crippen LogP contribution in [-0.4, -0.2) is 47.7 Å². The van der Waals surface area contributed by atoms with Gasteiger partial charge in [-0.1, -0.05) is 0 Å². The zero-order valence-corrected chi connectivity index (χ0v) is 17.7. The molecule has 0 N–H and O–H groups in total. The molecule has 0 spiro atoms. The van der Waals surface area contributed by atoms with Gasteiger partial charge in [0.15, 0.2) is 11.5 Å². The molecule has 3 aliphatic heterocycles. The van der Waals surface area contributed by atoms with E-state index in [2.05, 4.69) is 46.6 Å². The lowest BCUT2D eigenvalue weighted by atomic mass is 9.78. The molecule has 1 amide bonds. The maximum Gasteiger partial charge on any atom is 0.247 e. The predicted molar refractivity (Wildman–Crippen MR) is 113 cm³/mol. The van der Waals surface area contributed by atoms with Gasteiger partial charge in [0.2, 0.25) is 5.91 Å². The van der Waals surface area contributed by atoms with Crippen LogP contribution in [0.3, 0.4) is 0 Å². The number of fused-ring (bicyclic) bond motifs is 3. The highest BCUT2D eigenvalue weighted by atomic mass is 32.2. The molecular formula is C21H27NO3S2. The monoisotopic (exact) mass is 405 g/mol. The van der Waals surface area contributed by atoms with Gasteiger partial charge >= 0.3 is 0 Å². The van der Waals surface area contributed by atoms with Crippen molar-refractivity contribution in [1.29, 1.82) is 0 Å². The number of hydrogen-bond acceptors (Lipinski definition) is 5. The number of rotatable bonds is 6. The number of nitrogens with zero attached hydrogens (tertiary/aromatic N) is 1. The highest BCUT2D eigenvalue weighted by Crippen LogP contribution is 2.47. The summed E-state index contributed by atoms with van der Waals surface area (Å²) in [7, 11) is 3.35. The number of benzene rings is 1. The van der Waals surface area contributed by atoms with Gasteiger partial charge in [0.1, 0.15) is 0 Å². The summed E-state index contributed by atoms with van der Waals surface area (Å²) in [5, 5.41) is 0. The summed E-state index contributed by atoms with van der Waals surface area (Å²) >= 11 is 4.20. The van der Waals surface area contributed by atoms with E-state index in [0.29, 0.717) is 4.58 Å². The Morgan fingerprint density at radius 1 is 1.19 bits per heavy atom. The number of hydrogen-bond donors (Lipinski definition) is 0. The quantitative estimate of drug-likeness (QED) is 0.708. The SMILES string of the molecule is COc1cc2c(cc1OC)C1(CCCC3SCCCS3)C=CC(=O)N1CC2. The fourth-order valence-electron chi connectivity index (χ4n) is 4.49. The van der Waals surface area contributed by atoms with E-state index in [1.165, 1.54) is 35.5 Å². The van der Waals surface area contributed by atoms with Gasteiger partial charge in [0.25, 0.3) is 0 Å². The van der Waals surface area contributed by atoms with Crippen molar-refractivity contribution in [1.82, 2.24) is 4.90 Å². The number of carbonyl (C=O) groups excluding carboxylic acids is 1. The number of carbonyl (C=O) groups is 1. The molecule has 146 valence electrons. The van der Waals surface area contributed by atoms with Crippen LogP contribution in [0.5, 0.6) is 11.5 Å². The lowest BCUT2D eigenvalue weighted by Crippen LogP contribution is -2.48. The van der Waals surface area contributed by atoms with Gasteiger partial charge in [-0.15, -0.1) is 23.5 Å². The van der Waals surface area contributed by atoms with E-state index in [1.54, 1.807) is 20.3 Å². The van der Waals surface area contributed by atoms with Crippen molar-refractivity contribution in [3.63, 3.8) is 0 Å². The maximum absolute atomic E-state index is 12.5. The van der Waals surface area contributed by atoms with Gasteiger partial charge in [0, 0.05) is 12.6 Å². The van der Waals surface area contributed by atoms with E-state index in [-0.39, 0.29) is 11.4 Å². The molecule has 3 heterocycles. The van der Waals surface area contributed by atoms with Crippen molar-refractivity contribution in [2.45, 2.75) is 42.2 Å². The maximum atomic E-state index is 12.5. The second kappa shape index (κ2) is 8.00. The highest BCUT2D eigenvalue weighted by molar-refractivity contribution is 8.17. The zero-order chi connectivity index (χ0) is 18.9. The van der Waals surface area contributed by atoms with Gasteiger partial charge in [0.05, 0.1) is 24.3 Å². The molecule has 4 rings (SSSR count). The van der Waals surface area contributed by atoms with Gasteiger partial charge in [-0.3, -0.25) is 4.79 Å². The molecule has 6 heteroatoms. The van der Waals surface area contributed by atoms with Gasteiger partial charge in [-0.25, -0.2) is 0 Å². The number of amides is 1. The molecule has 0 radical (unpaired) electrons. The van der Waals surface area contributed by atoms with Crippen molar-refractivity contribution >= 4 is 29.4 Å². The van der Waals surface area contributed by atoms with Crippen LogP contribution >= 0.6 is 23.5 Å². The Bertz CT molecular complexity index is 745. The molecule has 1 aromatic carbocycles. The summed E-state index contributed by atoms with van der Waals surface area (Å²) in [6, 6.07) is 4.18. The number of methoxy groups -OCH3 is 2. The second-order valence-corrected chi connectivity index (χ2v) is 10.2. The van der Waals surface area contributed by atoms with E-state index >= 15 is 0 Å². The summed E-state index contributed by atoms with van der Waals surface area (Å²) in [5.74, 6) is 4.21. The Hall–Kier alpha value is -1.27. The molecule has 1 unspecified atom stereocenters. The first-order chi connectivity index (χ1) is 13.2. The van der Waals surface area contributed by atoms with Crippen LogP contribution in [0.25, 0.3) is 0 Å². The molecule has 0 saturated carbocycles. The Morgan fingerprint density at radius 2 is 1.93 bits per heavy atom. The number of thioether (sulfide) groups is 2. The van der Waals surface area contributed by atoms with E-state index < -0.39 is 0 Å². The predicted octanol–water partition coefficient (Wildman–Crippen LogP) is 4.22. The third kappa shape index (κ3) is 3.46. The molecule has 4 nitrogen and oxygen atoms in total. The fourth-order valence-corrected chi connectivity index (χ4v) is 7.45. The molecular weight excluding hydrogens is 378 g/mol. The minimum atomic E-state index is -0.325. The first-order valence-electron chi connectivity index (χ1n) is 9.67. The van der Waals surface area contributed by atoms with Crippen LogP contribution in [0.4, 0.5) is 0 Å². The van der Waals surface area contributed by atoms with Gasteiger partial charge < -0.3 is 14.4 Å². The Balaban J connectivity index is 1.62. The summed E-state index contributed by atoms with van der Waals surface area (Å²) in [6.07, 6.45) is 9.36. The van der Waals surface area contributed by atoms with E-state index in [4.69, 9.17) is 9.47 Å². The van der Waals surface area contributed by atoms with E-state index in [1.807, 2.05) is 0 Å². The van der Waals surface area contributed by atoms with Crippen LogP contribution in [0.15, 0.2) is 24.3 Å². The summed E-state index contributed by atoms with van der Waals surface area (Å²) in [5.41, 5.74) is 2.15. The first-order valence-corrected chi connectivity index (χ1v) is 11.8. The van der Waals surface area contributed by atoms with Crippen LogP contribution in [0.1, 0.15) is 36.8 Å². The largest absolute Gasteiger partial charge is 0.493 e. The molecule has 1 fully saturated rings. The lowest BCUT2D eigenvalue weighted by molar-refractivity contribution is -0.129. The van der Waals surface area contributed by atoms with Crippen LogP contribution in [0.2, 0.25) is 0 Å². The van der Waals surface area contributed by atoms with Crippen molar-refractivity contribution in [2.24, 2.45) is 0 Å². The van der Waals surface area contributed by atoms with E-state index in [0.717, 1.165) is 37.3 Å². The average molecular weight is 406 g/mol. The van der Waals surface area contributed by atoms with Crippen molar-refractivity contribution in [3.8, 4) is 11.5 Å². The van der Waals surface area contributed by atoms with Gasteiger partial charge in [-0.05, 0) is 72.9 Å². The normalized spacial score (nSPS) is 24.7. The smallest absolute Gasteiger partial charge is 0.247 e. The van der Waals surface area contributed by atoms with E-state index in [9.17, 15) is 4.79 Å². The molecule has 3 aliphatic rings. The zero-order valence-electron chi connectivity index (χ0n) is 16.0. The van der Waals surface area contributed by atoms with Crippen molar-refractivity contribution in [3.05, 3.63) is 35.4 Å². The van der Waals surface area contributed by atoms with Crippen LogP contribution in [0, 0.1) is 0 Å². The average Bonchev–Trinajstić information content (AvgIpc) is 3.04. The Morgan fingerprint density at radius 3 is 2.67 bits per heavy atom. The Labute approximate surface area is 170 Å². The second-order valence-electron chi connectivity index (χ2n) is 7.28. The van der Waals surface area contributed by atoms with Crippen molar-refractivity contribution in [2.75, 3.05) is 32.3 Å². The summed E-state index contributed by atoms with van der Waals surface area (Å²) < 4.78 is 11.8. The summed E-state index contributed by atoms with van der Waals surface area (Å²) in [6.45, 7) is 0.765. The number of ether oxygens (including phenoxy) is 2. The van der Waals surface area contributed by atoms with Crippen LogP contribution < -0.4 is 9.47 Å². The van der Waals surface area contributed by atoms with Gasteiger partial charge in [-0.2, -0.15) is 0 Å². The molecule has 1 aromatic rings. The summed E-state index contributed by atoms with van der Waals surface area (Å²) in [4.78, 5) is 14.6. The molecule has 27 heavy (non-hydrogen) atoms. The van der Waals surface area contributed by atoms with Crippen LogP contribution in [-0.2, 0) is 16.8 Å². The third-order valence-electron chi connectivity index (χ3n) is 5.82. The lowest BCUT2D eigenvalue weighted by Gasteiger charge is -2.44. The molecule has 0 bridgehead atoms.